The molecule has 1 saturated heterocycles. The number of hydrogen-bond acceptors (Lipinski definition) is 3. The van der Waals surface area contributed by atoms with E-state index in [1.807, 2.05) is 6.92 Å². The average molecular weight is 278 g/mol. The SMILES string of the molecule is CCC1CCCN(S(=O)(=O)C(CC)C(N)=S)C1. The van der Waals surface area contributed by atoms with Crippen LogP contribution in [0.1, 0.15) is 39.5 Å². The van der Waals surface area contributed by atoms with Crippen molar-refractivity contribution in [2.24, 2.45) is 11.7 Å². The molecule has 0 saturated carbocycles. The molecular weight excluding hydrogens is 256 g/mol. The van der Waals surface area contributed by atoms with Gasteiger partial charge in [-0.2, -0.15) is 0 Å². The van der Waals surface area contributed by atoms with Gasteiger partial charge in [0.2, 0.25) is 10.0 Å². The normalized spacial score (nSPS) is 24.5. The molecular formula is C11H22N2O2S2. The molecule has 1 heterocycles. The lowest BCUT2D eigenvalue weighted by molar-refractivity contribution is 0.260. The van der Waals surface area contributed by atoms with Gasteiger partial charge in [0.05, 0.1) is 4.99 Å². The van der Waals surface area contributed by atoms with Gasteiger partial charge in [0.25, 0.3) is 0 Å². The summed E-state index contributed by atoms with van der Waals surface area (Å²) >= 11 is 4.86. The molecule has 100 valence electrons. The smallest absolute Gasteiger partial charge is 0.223 e. The summed E-state index contributed by atoms with van der Waals surface area (Å²) in [6.45, 7) is 5.14. The number of rotatable bonds is 5. The summed E-state index contributed by atoms with van der Waals surface area (Å²) < 4.78 is 26.3. The van der Waals surface area contributed by atoms with E-state index in [1.54, 1.807) is 4.31 Å². The molecule has 0 radical (unpaired) electrons. The second kappa shape index (κ2) is 6.11. The Morgan fingerprint density at radius 1 is 1.53 bits per heavy atom. The van der Waals surface area contributed by atoms with Crippen LogP contribution in [-0.4, -0.2) is 36.1 Å². The number of nitrogens with two attached hydrogens (primary N) is 1. The second-order valence-electron chi connectivity index (χ2n) is 4.62. The minimum atomic E-state index is -3.35. The van der Waals surface area contributed by atoms with E-state index in [-0.39, 0.29) is 4.99 Å². The molecule has 17 heavy (non-hydrogen) atoms. The maximum atomic E-state index is 12.4. The molecule has 0 aliphatic carbocycles. The van der Waals surface area contributed by atoms with Gasteiger partial charge in [-0.1, -0.05) is 32.5 Å². The molecule has 0 aromatic rings. The molecule has 0 aromatic heterocycles. The van der Waals surface area contributed by atoms with Gasteiger partial charge < -0.3 is 5.73 Å². The molecule has 2 unspecified atom stereocenters. The van der Waals surface area contributed by atoms with Gasteiger partial charge >= 0.3 is 0 Å². The predicted octanol–water partition coefficient (Wildman–Crippen LogP) is 1.50. The molecule has 0 amide bonds. The van der Waals surface area contributed by atoms with Gasteiger partial charge in [-0.25, -0.2) is 12.7 Å². The Balaban J connectivity index is 2.85. The van der Waals surface area contributed by atoms with Crippen molar-refractivity contribution in [2.45, 2.75) is 44.8 Å². The Morgan fingerprint density at radius 2 is 2.18 bits per heavy atom. The van der Waals surface area contributed by atoms with Crippen LogP contribution < -0.4 is 5.73 Å². The van der Waals surface area contributed by atoms with Crippen LogP contribution in [0.2, 0.25) is 0 Å². The van der Waals surface area contributed by atoms with Crippen LogP contribution in [0.15, 0.2) is 0 Å². The highest BCUT2D eigenvalue weighted by molar-refractivity contribution is 7.92. The standard InChI is InChI=1S/C11H22N2O2S2/c1-3-9-6-5-7-13(8-9)17(14,15)10(4-2)11(12)16/h9-10H,3-8H2,1-2H3,(H2,12,16). The molecule has 6 heteroatoms. The second-order valence-corrected chi connectivity index (χ2v) is 7.21. The van der Waals surface area contributed by atoms with E-state index in [0.717, 1.165) is 19.3 Å². The van der Waals surface area contributed by atoms with Crippen LogP contribution in [0.5, 0.6) is 0 Å². The van der Waals surface area contributed by atoms with Crippen LogP contribution >= 0.6 is 12.2 Å². The number of hydrogen-bond donors (Lipinski definition) is 1. The Hall–Kier alpha value is -0.200. The van der Waals surface area contributed by atoms with Crippen molar-refractivity contribution < 1.29 is 8.42 Å². The van der Waals surface area contributed by atoms with Gasteiger partial charge in [0.1, 0.15) is 5.25 Å². The zero-order valence-corrected chi connectivity index (χ0v) is 12.2. The van der Waals surface area contributed by atoms with Crippen LogP contribution in [0.25, 0.3) is 0 Å². The van der Waals surface area contributed by atoms with Gasteiger partial charge in [-0.15, -0.1) is 0 Å². The van der Waals surface area contributed by atoms with E-state index in [1.165, 1.54) is 0 Å². The number of piperidine rings is 1. The molecule has 1 aliphatic heterocycles. The molecule has 1 aliphatic rings. The number of nitrogens with zero attached hydrogens (tertiary/aromatic N) is 1. The average Bonchev–Trinajstić information content (AvgIpc) is 2.29. The van der Waals surface area contributed by atoms with Crippen molar-refractivity contribution in [1.29, 1.82) is 0 Å². The zero-order valence-electron chi connectivity index (χ0n) is 10.6. The van der Waals surface area contributed by atoms with Crippen LogP contribution in [0.3, 0.4) is 0 Å². The van der Waals surface area contributed by atoms with E-state index < -0.39 is 15.3 Å². The Kier molecular flexibility index (Phi) is 5.34. The van der Waals surface area contributed by atoms with Crippen molar-refractivity contribution >= 4 is 27.2 Å². The van der Waals surface area contributed by atoms with E-state index in [9.17, 15) is 8.42 Å². The Morgan fingerprint density at radius 3 is 2.65 bits per heavy atom. The fourth-order valence-electron chi connectivity index (χ4n) is 2.33. The third-order valence-corrected chi connectivity index (χ3v) is 6.26. The summed E-state index contributed by atoms with van der Waals surface area (Å²) in [5.74, 6) is 0.474. The van der Waals surface area contributed by atoms with E-state index in [4.69, 9.17) is 18.0 Å². The summed E-state index contributed by atoms with van der Waals surface area (Å²) in [6, 6.07) is 0. The quantitative estimate of drug-likeness (QED) is 0.774. The highest BCUT2D eigenvalue weighted by Crippen LogP contribution is 2.24. The van der Waals surface area contributed by atoms with Crippen LogP contribution in [0.4, 0.5) is 0 Å². The lowest BCUT2D eigenvalue weighted by Gasteiger charge is -2.33. The fourth-order valence-corrected chi connectivity index (χ4v) is 4.74. The topological polar surface area (TPSA) is 63.4 Å². The van der Waals surface area contributed by atoms with Crippen molar-refractivity contribution in [3.05, 3.63) is 0 Å². The van der Waals surface area contributed by atoms with E-state index in [0.29, 0.717) is 25.4 Å². The van der Waals surface area contributed by atoms with Crippen molar-refractivity contribution in [1.82, 2.24) is 4.31 Å². The maximum Gasteiger partial charge on any atom is 0.223 e. The third kappa shape index (κ3) is 3.39. The van der Waals surface area contributed by atoms with Crippen LogP contribution in [0, 0.1) is 5.92 Å². The van der Waals surface area contributed by atoms with Crippen molar-refractivity contribution in [2.75, 3.05) is 13.1 Å². The highest BCUT2D eigenvalue weighted by atomic mass is 32.2. The first-order valence-electron chi connectivity index (χ1n) is 6.21. The molecule has 0 spiro atoms. The summed E-state index contributed by atoms with van der Waals surface area (Å²) in [5, 5.41) is -0.701. The summed E-state index contributed by atoms with van der Waals surface area (Å²) in [4.78, 5) is 0.0890. The van der Waals surface area contributed by atoms with E-state index >= 15 is 0 Å². The summed E-state index contributed by atoms with van der Waals surface area (Å²) in [6.07, 6.45) is 3.53. The number of sulfonamides is 1. The van der Waals surface area contributed by atoms with Gasteiger partial charge in [0.15, 0.2) is 0 Å². The van der Waals surface area contributed by atoms with Gasteiger partial charge in [-0.3, -0.25) is 0 Å². The third-order valence-electron chi connectivity index (χ3n) is 3.47. The van der Waals surface area contributed by atoms with Crippen LogP contribution in [-0.2, 0) is 10.0 Å². The first-order chi connectivity index (χ1) is 7.93. The molecule has 1 rings (SSSR count). The van der Waals surface area contributed by atoms with E-state index in [2.05, 4.69) is 6.92 Å². The molecule has 0 aromatic carbocycles. The monoisotopic (exact) mass is 278 g/mol. The van der Waals surface area contributed by atoms with Gasteiger partial charge in [-0.05, 0) is 25.2 Å². The summed E-state index contributed by atoms with van der Waals surface area (Å²) in [5.41, 5.74) is 5.53. The predicted molar refractivity (Wildman–Crippen MR) is 74.4 cm³/mol. The molecule has 2 N–H and O–H groups in total. The van der Waals surface area contributed by atoms with Gasteiger partial charge in [0, 0.05) is 13.1 Å². The molecule has 4 nitrogen and oxygen atoms in total. The first-order valence-corrected chi connectivity index (χ1v) is 8.12. The zero-order chi connectivity index (χ0) is 13.1. The molecule has 1 fully saturated rings. The lowest BCUT2D eigenvalue weighted by Crippen LogP contribution is -2.48. The molecule has 0 bridgehead atoms. The van der Waals surface area contributed by atoms with Crippen molar-refractivity contribution in [3.8, 4) is 0 Å². The summed E-state index contributed by atoms with van der Waals surface area (Å²) in [7, 11) is -3.35. The molecule has 2 atom stereocenters. The first kappa shape index (κ1) is 14.9. The largest absolute Gasteiger partial charge is 0.392 e. The fraction of sp³-hybridized carbons (Fsp3) is 0.909. The minimum Gasteiger partial charge on any atom is -0.392 e. The maximum absolute atomic E-state index is 12.4. The number of thiocarbonyl (C=S) groups is 1. The Labute approximate surface area is 110 Å². The highest BCUT2D eigenvalue weighted by Gasteiger charge is 2.35. The Bertz CT molecular complexity index is 368. The van der Waals surface area contributed by atoms with Crippen molar-refractivity contribution in [3.63, 3.8) is 0 Å². The lowest BCUT2D eigenvalue weighted by atomic mass is 9.97. The minimum absolute atomic E-state index is 0.0890.